The molecule has 1 unspecified atom stereocenters. The molecular formula is C9H12BrN3O. The second kappa shape index (κ2) is 5.70. The highest BCUT2D eigenvalue weighted by Crippen LogP contribution is 1.98. The van der Waals surface area contributed by atoms with Crippen molar-refractivity contribution in [3.05, 3.63) is 24.3 Å². The molecule has 0 aliphatic carbocycles. The van der Waals surface area contributed by atoms with E-state index in [1.165, 1.54) is 18.7 Å². The smallest absolute Gasteiger partial charge is 0.254 e. The highest BCUT2D eigenvalue weighted by atomic mass is 79.9. The molecule has 0 saturated carbocycles. The van der Waals surface area contributed by atoms with Crippen LogP contribution >= 0.6 is 15.9 Å². The fourth-order valence-corrected chi connectivity index (χ4v) is 1.07. The first-order valence-electron chi connectivity index (χ1n) is 4.33. The van der Waals surface area contributed by atoms with E-state index in [0.717, 1.165) is 5.33 Å². The van der Waals surface area contributed by atoms with Gasteiger partial charge in [0.05, 0.1) is 5.56 Å². The minimum atomic E-state index is -0.126. The van der Waals surface area contributed by atoms with Crippen molar-refractivity contribution in [2.75, 3.05) is 11.9 Å². The van der Waals surface area contributed by atoms with Gasteiger partial charge in [-0.1, -0.05) is 22.9 Å². The molecule has 1 atom stereocenters. The zero-order chi connectivity index (χ0) is 10.4. The number of carbonyl (C=O) groups is 1. The molecule has 0 aliphatic heterocycles. The molecular weight excluding hydrogens is 246 g/mol. The van der Waals surface area contributed by atoms with Gasteiger partial charge in [-0.25, -0.2) is 9.97 Å². The quantitative estimate of drug-likeness (QED) is 0.826. The topological polar surface area (TPSA) is 54.9 Å². The average molecular weight is 258 g/mol. The van der Waals surface area contributed by atoms with Gasteiger partial charge in [0.2, 0.25) is 0 Å². The SMILES string of the molecule is CC(CBr)CNC(=O)c1cncnc1. The normalized spacial score (nSPS) is 12.1. The fourth-order valence-electron chi connectivity index (χ4n) is 0.840. The van der Waals surface area contributed by atoms with Gasteiger partial charge in [-0.2, -0.15) is 0 Å². The summed E-state index contributed by atoms with van der Waals surface area (Å²) >= 11 is 3.35. The molecule has 1 N–H and O–H groups in total. The second-order valence-corrected chi connectivity index (χ2v) is 3.74. The molecule has 5 heteroatoms. The molecule has 0 aliphatic rings. The lowest BCUT2D eigenvalue weighted by atomic mass is 10.2. The first kappa shape index (κ1) is 11.1. The third kappa shape index (κ3) is 3.41. The van der Waals surface area contributed by atoms with E-state index >= 15 is 0 Å². The lowest BCUT2D eigenvalue weighted by Gasteiger charge is -2.08. The lowest BCUT2D eigenvalue weighted by molar-refractivity contribution is 0.0948. The summed E-state index contributed by atoms with van der Waals surface area (Å²) in [5.74, 6) is 0.294. The number of halogens is 1. The zero-order valence-electron chi connectivity index (χ0n) is 7.90. The first-order chi connectivity index (χ1) is 6.74. The minimum absolute atomic E-state index is 0.126. The Balaban J connectivity index is 2.44. The van der Waals surface area contributed by atoms with Crippen molar-refractivity contribution < 1.29 is 4.79 Å². The van der Waals surface area contributed by atoms with E-state index in [4.69, 9.17) is 0 Å². The monoisotopic (exact) mass is 257 g/mol. The van der Waals surface area contributed by atoms with Crippen LogP contribution in [0.15, 0.2) is 18.7 Å². The summed E-state index contributed by atoms with van der Waals surface area (Å²) in [6, 6.07) is 0. The summed E-state index contributed by atoms with van der Waals surface area (Å²) in [6.45, 7) is 2.70. The van der Waals surface area contributed by atoms with Crippen LogP contribution in [-0.2, 0) is 0 Å². The fraction of sp³-hybridized carbons (Fsp3) is 0.444. The van der Waals surface area contributed by atoms with Crippen molar-refractivity contribution in [3.8, 4) is 0 Å². The number of nitrogens with zero attached hydrogens (tertiary/aromatic N) is 2. The number of hydrogen-bond donors (Lipinski definition) is 1. The predicted octanol–water partition coefficient (Wildman–Crippen LogP) is 1.24. The molecule has 4 nitrogen and oxygen atoms in total. The van der Waals surface area contributed by atoms with Gasteiger partial charge in [-0.05, 0) is 5.92 Å². The number of nitrogens with one attached hydrogen (secondary N) is 1. The predicted molar refractivity (Wildman–Crippen MR) is 57.3 cm³/mol. The Hall–Kier alpha value is -0.970. The summed E-state index contributed by atoms with van der Waals surface area (Å²) in [7, 11) is 0. The molecule has 0 spiro atoms. The number of rotatable bonds is 4. The van der Waals surface area contributed by atoms with E-state index in [-0.39, 0.29) is 5.91 Å². The maximum atomic E-state index is 11.5. The highest BCUT2D eigenvalue weighted by molar-refractivity contribution is 9.09. The number of hydrogen-bond acceptors (Lipinski definition) is 3. The van der Waals surface area contributed by atoms with Gasteiger partial charge in [-0.3, -0.25) is 4.79 Å². The van der Waals surface area contributed by atoms with E-state index < -0.39 is 0 Å². The maximum absolute atomic E-state index is 11.5. The Morgan fingerprint density at radius 1 is 1.57 bits per heavy atom. The van der Waals surface area contributed by atoms with Crippen LogP contribution in [0.3, 0.4) is 0 Å². The third-order valence-corrected chi connectivity index (χ3v) is 2.80. The van der Waals surface area contributed by atoms with Crippen LogP contribution in [0, 0.1) is 5.92 Å². The number of carbonyl (C=O) groups excluding carboxylic acids is 1. The molecule has 1 rings (SSSR count). The van der Waals surface area contributed by atoms with E-state index in [0.29, 0.717) is 18.0 Å². The van der Waals surface area contributed by atoms with Crippen LogP contribution in [-0.4, -0.2) is 27.7 Å². The summed E-state index contributed by atoms with van der Waals surface area (Å²) in [5, 5.41) is 3.67. The molecule has 0 aromatic carbocycles. The number of aromatic nitrogens is 2. The Labute approximate surface area is 91.3 Å². The van der Waals surface area contributed by atoms with Gasteiger partial charge in [0.15, 0.2) is 0 Å². The van der Waals surface area contributed by atoms with Crippen molar-refractivity contribution in [1.82, 2.24) is 15.3 Å². The van der Waals surface area contributed by atoms with Crippen LogP contribution in [0.2, 0.25) is 0 Å². The summed E-state index contributed by atoms with van der Waals surface area (Å²) in [6.07, 6.45) is 4.40. The standard InChI is InChI=1S/C9H12BrN3O/c1-7(2-10)3-13-9(14)8-4-11-6-12-5-8/h4-7H,2-3H2,1H3,(H,13,14). The molecule has 1 aromatic heterocycles. The van der Waals surface area contributed by atoms with E-state index in [9.17, 15) is 4.79 Å². The molecule has 1 heterocycles. The second-order valence-electron chi connectivity index (χ2n) is 3.10. The average Bonchev–Trinajstić information content (AvgIpc) is 2.26. The van der Waals surface area contributed by atoms with Crippen LogP contribution in [0.25, 0.3) is 0 Å². The largest absolute Gasteiger partial charge is 0.352 e. The van der Waals surface area contributed by atoms with E-state index in [1.807, 2.05) is 0 Å². The molecule has 0 saturated heterocycles. The van der Waals surface area contributed by atoms with Crippen LogP contribution in [0.4, 0.5) is 0 Å². The van der Waals surface area contributed by atoms with Crippen LogP contribution in [0.5, 0.6) is 0 Å². The highest BCUT2D eigenvalue weighted by Gasteiger charge is 2.06. The number of amides is 1. The maximum Gasteiger partial charge on any atom is 0.254 e. The third-order valence-electron chi connectivity index (χ3n) is 1.70. The van der Waals surface area contributed by atoms with Gasteiger partial charge in [-0.15, -0.1) is 0 Å². The van der Waals surface area contributed by atoms with Gasteiger partial charge in [0.25, 0.3) is 5.91 Å². The van der Waals surface area contributed by atoms with Crippen LogP contribution < -0.4 is 5.32 Å². The lowest BCUT2D eigenvalue weighted by Crippen LogP contribution is -2.28. The number of alkyl halides is 1. The molecule has 0 fully saturated rings. The van der Waals surface area contributed by atoms with Crippen molar-refractivity contribution >= 4 is 21.8 Å². The zero-order valence-corrected chi connectivity index (χ0v) is 9.49. The molecule has 0 radical (unpaired) electrons. The van der Waals surface area contributed by atoms with Gasteiger partial charge in [0.1, 0.15) is 6.33 Å². The molecule has 1 aromatic rings. The Morgan fingerprint density at radius 2 is 2.21 bits per heavy atom. The Bertz CT molecular complexity index is 291. The summed E-state index contributed by atoms with van der Waals surface area (Å²) in [5.41, 5.74) is 0.495. The summed E-state index contributed by atoms with van der Waals surface area (Å²) < 4.78 is 0. The van der Waals surface area contributed by atoms with Crippen molar-refractivity contribution in [2.24, 2.45) is 5.92 Å². The Morgan fingerprint density at radius 3 is 2.79 bits per heavy atom. The summed E-state index contributed by atoms with van der Waals surface area (Å²) in [4.78, 5) is 19.0. The van der Waals surface area contributed by atoms with Crippen molar-refractivity contribution in [2.45, 2.75) is 6.92 Å². The Kier molecular flexibility index (Phi) is 4.52. The molecule has 76 valence electrons. The minimum Gasteiger partial charge on any atom is -0.352 e. The van der Waals surface area contributed by atoms with E-state index in [1.54, 1.807) is 0 Å². The van der Waals surface area contributed by atoms with Crippen molar-refractivity contribution in [3.63, 3.8) is 0 Å². The molecule has 0 bridgehead atoms. The first-order valence-corrected chi connectivity index (χ1v) is 5.45. The molecule has 1 amide bonds. The van der Waals surface area contributed by atoms with Crippen molar-refractivity contribution in [1.29, 1.82) is 0 Å². The van der Waals surface area contributed by atoms with Gasteiger partial charge in [0, 0.05) is 24.3 Å². The van der Waals surface area contributed by atoms with E-state index in [2.05, 4.69) is 38.1 Å². The van der Waals surface area contributed by atoms with Gasteiger partial charge >= 0.3 is 0 Å². The van der Waals surface area contributed by atoms with Gasteiger partial charge < -0.3 is 5.32 Å². The van der Waals surface area contributed by atoms with Crippen LogP contribution in [0.1, 0.15) is 17.3 Å². The molecule has 14 heavy (non-hydrogen) atoms.